The van der Waals surface area contributed by atoms with Gasteiger partial charge in [-0.25, -0.2) is 0 Å². The second kappa shape index (κ2) is 8.61. The van der Waals surface area contributed by atoms with E-state index in [0.29, 0.717) is 12.3 Å². The number of hydrogen-bond donors (Lipinski definition) is 1. The van der Waals surface area contributed by atoms with Crippen molar-refractivity contribution in [3.05, 3.63) is 54.1 Å². The van der Waals surface area contributed by atoms with Crippen molar-refractivity contribution in [2.75, 3.05) is 25.1 Å². The maximum atomic E-state index is 12.3. The van der Waals surface area contributed by atoms with Crippen molar-refractivity contribution in [3.8, 4) is 11.5 Å². The molecule has 138 valence electrons. The fourth-order valence-electron chi connectivity index (χ4n) is 3.04. The van der Waals surface area contributed by atoms with Crippen molar-refractivity contribution in [1.82, 2.24) is 5.32 Å². The Kier molecular flexibility index (Phi) is 6.00. The number of benzene rings is 2. The quantitative estimate of drug-likeness (QED) is 0.828. The van der Waals surface area contributed by atoms with Gasteiger partial charge in [0.15, 0.2) is 6.10 Å². The number of methoxy groups -OCH3 is 1. The lowest BCUT2D eigenvalue weighted by Gasteiger charge is -2.18. The van der Waals surface area contributed by atoms with E-state index in [1.807, 2.05) is 12.1 Å². The van der Waals surface area contributed by atoms with Crippen LogP contribution in [0.1, 0.15) is 25.3 Å². The molecule has 1 saturated heterocycles. The summed E-state index contributed by atoms with van der Waals surface area (Å²) in [7, 11) is 1.61. The largest absolute Gasteiger partial charge is 0.497 e. The number of hydrogen-bond acceptors (Lipinski definition) is 4. The highest BCUT2D eigenvalue weighted by Crippen LogP contribution is 2.21. The number of nitrogens with one attached hydrogen (secondary N) is 1. The third-order valence-corrected chi connectivity index (χ3v) is 4.62. The lowest BCUT2D eigenvalue weighted by atomic mass is 10.2. The Hall–Kier alpha value is -2.69. The number of rotatable bonds is 7. The summed E-state index contributed by atoms with van der Waals surface area (Å²) in [4.78, 5) is 14.6. The third kappa shape index (κ3) is 4.69. The van der Waals surface area contributed by atoms with Gasteiger partial charge in [-0.3, -0.25) is 4.79 Å². The molecule has 0 saturated carbocycles. The summed E-state index contributed by atoms with van der Waals surface area (Å²) in [5, 5.41) is 2.93. The van der Waals surface area contributed by atoms with Crippen molar-refractivity contribution >= 4 is 11.6 Å². The van der Waals surface area contributed by atoms with E-state index < -0.39 is 6.10 Å². The van der Waals surface area contributed by atoms with Crippen LogP contribution < -0.4 is 19.7 Å². The summed E-state index contributed by atoms with van der Waals surface area (Å²) in [5.74, 6) is 1.26. The molecule has 0 bridgehead atoms. The minimum atomic E-state index is -0.563. The van der Waals surface area contributed by atoms with Gasteiger partial charge in [0, 0.05) is 25.3 Å². The van der Waals surface area contributed by atoms with Crippen LogP contribution in [0.4, 0.5) is 5.69 Å². The topological polar surface area (TPSA) is 50.8 Å². The second-order valence-corrected chi connectivity index (χ2v) is 6.51. The third-order valence-electron chi connectivity index (χ3n) is 4.62. The predicted molar refractivity (Wildman–Crippen MR) is 103 cm³/mol. The van der Waals surface area contributed by atoms with Gasteiger partial charge in [-0.2, -0.15) is 0 Å². The molecule has 1 N–H and O–H groups in total. The SMILES string of the molecule is COc1ccc(OC(C)C(=O)NCc2ccc(N3CCCC3)cc2)cc1. The number of ether oxygens (including phenoxy) is 2. The molecule has 1 aliphatic heterocycles. The summed E-state index contributed by atoms with van der Waals surface area (Å²) >= 11 is 0. The molecule has 1 fully saturated rings. The zero-order chi connectivity index (χ0) is 18.4. The maximum Gasteiger partial charge on any atom is 0.261 e. The highest BCUT2D eigenvalue weighted by molar-refractivity contribution is 5.80. The summed E-state index contributed by atoms with van der Waals surface area (Å²) in [5.41, 5.74) is 2.34. The van der Waals surface area contributed by atoms with Gasteiger partial charge >= 0.3 is 0 Å². The van der Waals surface area contributed by atoms with Crippen LogP contribution in [0.25, 0.3) is 0 Å². The highest BCUT2D eigenvalue weighted by Gasteiger charge is 2.15. The van der Waals surface area contributed by atoms with Gasteiger partial charge in [0.2, 0.25) is 0 Å². The lowest BCUT2D eigenvalue weighted by Crippen LogP contribution is -2.35. The fourth-order valence-corrected chi connectivity index (χ4v) is 3.04. The molecule has 5 heteroatoms. The van der Waals surface area contributed by atoms with E-state index in [4.69, 9.17) is 9.47 Å². The molecule has 0 radical (unpaired) electrons. The van der Waals surface area contributed by atoms with Gasteiger partial charge in [-0.05, 0) is 61.7 Å². The minimum absolute atomic E-state index is 0.135. The van der Waals surface area contributed by atoms with Crippen LogP contribution in [0, 0.1) is 0 Å². The van der Waals surface area contributed by atoms with Gasteiger partial charge in [-0.1, -0.05) is 12.1 Å². The molecule has 1 atom stereocenters. The van der Waals surface area contributed by atoms with E-state index in [2.05, 4.69) is 34.5 Å². The first kappa shape index (κ1) is 18.1. The van der Waals surface area contributed by atoms with E-state index in [-0.39, 0.29) is 5.91 Å². The first-order valence-corrected chi connectivity index (χ1v) is 9.08. The van der Waals surface area contributed by atoms with Gasteiger partial charge < -0.3 is 19.7 Å². The Bertz CT molecular complexity index is 707. The van der Waals surface area contributed by atoms with Gasteiger partial charge in [0.1, 0.15) is 11.5 Å². The van der Waals surface area contributed by atoms with Crippen molar-refractivity contribution in [2.24, 2.45) is 0 Å². The zero-order valence-corrected chi connectivity index (χ0v) is 15.4. The molecule has 26 heavy (non-hydrogen) atoms. The van der Waals surface area contributed by atoms with Crippen LogP contribution >= 0.6 is 0 Å². The average molecular weight is 354 g/mol. The van der Waals surface area contributed by atoms with Gasteiger partial charge in [-0.15, -0.1) is 0 Å². The van der Waals surface area contributed by atoms with E-state index in [9.17, 15) is 4.79 Å². The van der Waals surface area contributed by atoms with Crippen LogP contribution in [-0.2, 0) is 11.3 Å². The zero-order valence-electron chi connectivity index (χ0n) is 15.4. The van der Waals surface area contributed by atoms with Crippen LogP contribution in [0.5, 0.6) is 11.5 Å². The van der Waals surface area contributed by atoms with E-state index >= 15 is 0 Å². The second-order valence-electron chi connectivity index (χ2n) is 6.51. The van der Waals surface area contributed by atoms with Gasteiger partial charge in [0.05, 0.1) is 7.11 Å². The van der Waals surface area contributed by atoms with Crippen LogP contribution in [-0.4, -0.2) is 32.2 Å². The molecular formula is C21H26N2O3. The molecule has 0 spiro atoms. The molecular weight excluding hydrogens is 328 g/mol. The molecule has 2 aromatic rings. The summed E-state index contributed by atoms with van der Waals surface area (Å²) in [6.45, 7) is 4.51. The number of carbonyl (C=O) groups excluding carboxylic acids is 1. The fraction of sp³-hybridized carbons (Fsp3) is 0.381. The summed E-state index contributed by atoms with van der Waals surface area (Å²) in [6.07, 6.45) is 1.97. The molecule has 1 heterocycles. The van der Waals surface area contributed by atoms with Gasteiger partial charge in [0.25, 0.3) is 5.91 Å². The molecule has 0 aromatic heterocycles. The molecule has 3 rings (SSSR count). The van der Waals surface area contributed by atoms with Crippen LogP contribution in [0.3, 0.4) is 0 Å². The van der Waals surface area contributed by atoms with E-state index in [1.165, 1.54) is 18.5 Å². The maximum absolute atomic E-state index is 12.3. The van der Waals surface area contributed by atoms with Crippen molar-refractivity contribution < 1.29 is 14.3 Å². The molecule has 1 amide bonds. The molecule has 5 nitrogen and oxygen atoms in total. The molecule has 1 unspecified atom stereocenters. The monoisotopic (exact) mass is 354 g/mol. The summed E-state index contributed by atoms with van der Waals surface area (Å²) < 4.78 is 10.8. The molecule has 0 aliphatic carbocycles. The number of amides is 1. The number of carbonyl (C=O) groups is 1. The Morgan fingerprint density at radius 3 is 2.27 bits per heavy atom. The lowest BCUT2D eigenvalue weighted by molar-refractivity contribution is -0.127. The van der Waals surface area contributed by atoms with E-state index in [1.54, 1.807) is 26.2 Å². The molecule has 2 aromatic carbocycles. The summed E-state index contributed by atoms with van der Waals surface area (Å²) in [6, 6.07) is 15.6. The Labute approximate surface area is 154 Å². The highest BCUT2D eigenvalue weighted by atomic mass is 16.5. The van der Waals surface area contributed by atoms with Crippen LogP contribution in [0.2, 0.25) is 0 Å². The molecule has 1 aliphatic rings. The van der Waals surface area contributed by atoms with Crippen molar-refractivity contribution in [3.63, 3.8) is 0 Å². The number of anilines is 1. The van der Waals surface area contributed by atoms with Crippen LogP contribution in [0.15, 0.2) is 48.5 Å². The average Bonchev–Trinajstić information content (AvgIpc) is 3.22. The van der Waals surface area contributed by atoms with Crippen molar-refractivity contribution in [1.29, 1.82) is 0 Å². The van der Waals surface area contributed by atoms with Crippen molar-refractivity contribution in [2.45, 2.75) is 32.4 Å². The van der Waals surface area contributed by atoms with E-state index in [0.717, 1.165) is 24.4 Å². The number of nitrogens with zero attached hydrogens (tertiary/aromatic N) is 1. The predicted octanol–water partition coefficient (Wildman–Crippen LogP) is 3.38. The standard InChI is InChI=1S/C21H26N2O3/c1-16(26-20-11-9-19(25-2)10-12-20)21(24)22-15-17-5-7-18(8-6-17)23-13-3-4-14-23/h5-12,16H,3-4,13-15H2,1-2H3,(H,22,24). The minimum Gasteiger partial charge on any atom is -0.497 e. The Balaban J connectivity index is 1.47. The Morgan fingerprint density at radius 2 is 1.65 bits per heavy atom. The first-order valence-electron chi connectivity index (χ1n) is 9.08. The first-order chi connectivity index (χ1) is 12.7. The normalized spacial score (nSPS) is 14.8. The Morgan fingerprint density at radius 1 is 1.04 bits per heavy atom. The smallest absolute Gasteiger partial charge is 0.261 e.